The average Bonchev–Trinajstić information content (AvgIpc) is 3.38. The van der Waals surface area contributed by atoms with Gasteiger partial charge in [-0.05, 0) is 48.1 Å². The van der Waals surface area contributed by atoms with Crippen molar-refractivity contribution in [3.05, 3.63) is 70.3 Å². The van der Waals surface area contributed by atoms with Crippen molar-refractivity contribution in [2.45, 2.75) is 31.2 Å². The van der Waals surface area contributed by atoms with Crippen LogP contribution in [0.5, 0.6) is 5.75 Å². The van der Waals surface area contributed by atoms with Gasteiger partial charge in [0.25, 0.3) is 0 Å². The van der Waals surface area contributed by atoms with Crippen molar-refractivity contribution < 1.29 is 17.6 Å². The molecule has 0 unspecified atom stereocenters. The molecule has 0 aliphatic carbocycles. The molecule has 3 rings (SSSR count). The Balaban J connectivity index is 1.95. The number of ether oxygens (including phenoxy) is 1. The van der Waals surface area contributed by atoms with Gasteiger partial charge in [0, 0.05) is 23.5 Å². The van der Waals surface area contributed by atoms with E-state index in [1.54, 1.807) is 42.1 Å². The van der Waals surface area contributed by atoms with Crippen molar-refractivity contribution in [2.75, 3.05) is 13.7 Å². The van der Waals surface area contributed by atoms with Gasteiger partial charge in [0.05, 0.1) is 19.6 Å². The van der Waals surface area contributed by atoms with Crippen LogP contribution in [0.25, 0.3) is 0 Å². The van der Waals surface area contributed by atoms with Gasteiger partial charge in [-0.25, -0.2) is 8.42 Å². The summed E-state index contributed by atoms with van der Waals surface area (Å²) >= 11 is 1.63. The van der Waals surface area contributed by atoms with Crippen LogP contribution in [0, 0.1) is 0 Å². The Kier molecular flexibility index (Phi) is 6.36. The smallest absolute Gasteiger partial charge is 0.247 e. The second kappa shape index (κ2) is 8.73. The molecule has 7 heteroatoms. The molecule has 5 nitrogen and oxygen atoms in total. The van der Waals surface area contributed by atoms with Crippen molar-refractivity contribution in [3.8, 4) is 5.75 Å². The summed E-state index contributed by atoms with van der Waals surface area (Å²) in [5.74, 6) is 0.362. The zero-order valence-electron chi connectivity index (χ0n) is 15.4. The van der Waals surface area contributed by atoms with E-state index in [1.807, 2.05) is 30.5 Å². The number of rotatable bonds is 9. The van der Waals surface area contributed by atoms with Gasteiger partial charge in [0.1, 0.15) is 10.6 Å². The zero-order chi connectivity index (χ0) is 19.3. The summed E-state index contributed by atoms with van der Waals surface area (Å²) < 4.78 is 38.9. The Hall–Kier alpha value is -2.09. The van der Waals surface area contributed by atoms with Gasteiger partial charge in [-0.3, -0.25) is 0 Å². The Morgan fingerprint density at radius 2 is 2.04 bits per heavy atom. The number of aryl methyl sites for hydroxylation is 1. The topological polar surface area (TPSA) is 59.8 Å². The Bertz CT molecular complexity index is 948. The normalized spacial score (nSPS) is 11.8. The van der Waals surface area contributed by atoms with E-state index in [0.717, 1.165) is 22.4 Å². The van der Waals surface area contributed by atoms with Gasteiger partial charge in [-0.1, -0.05) is 19.1 Å². The van der Waals surface area contributed by atoms with Crippen molar-refractivity contribution in [2.24, 2.45) is 0 Å². The quantitative estimate of drug-likeness (QED) is 0.531. The minimum Gasteiger partial charge on any atom is -0.495 e. The molecule has 0 fully saturated rings. The van der Waals surface area contributed by atoms with Crippen LogP contribution in [0.15, 0.2) is 63.6 Å². The maximum atomic E-state index is 13.5. The number of thiophene rings is 1. The molecule has 0 amide bonds. The maximum Gasteiger partial charge on any atom is 0.247 e. The third-order valence-corrected chi connectivity index (χ3v) is 7.18. The van der Waals surface area contributed by atoms with E-state index in [1.165, 1.54) is 11.4 Å². The highest BCUT2D eigenvalue weighted by Gasteiger charge is 2.28. The van der Waals surface area contributed by atoms with Crippen molar-refractivity contribution >= 4 is 21.4 Å². The molecule has 144 valence electrons. The summed E-state index contributed by atoms with van der Waals surface area (Å²) in [6.07, 6.45) is 4.54. The molecule has 1 aromatic carbocycles. The fourth-order valence-corrected chi connectivity index (χ4v) is 5.17. The van der Waals surface area contributed by atoms with Crippen LogP contribution in [0.2, 0.25) is 0 Å². The first kappa shape index (κ1) is 19.7. The highest BCUT2D eigenvalue weighted by molar-refractivity contribution is 7.89. The number of nitrogens with zero attached hydrogens (tertiary/aromatic N) is 1. The van der Waals surface area contributed by atoms with Crippen LogP contribution in [-0.4, -0.2) is 26.4 Å². The molecule has 0 N–H and O–H groups in total. The van der Waals surface area contributed by atoms with Gasteiger partial charge >= 0.3 is 0 Å². The lowest BCUT2D eigenvalue weighted by molar-refractivity contribution is 0.386. The summed E-state index contributed by atoms with van der Waals surface area (Å²) in [6.45, 7) is 2.63. The van der Waals surface area contributed by atoms with Gasteiger partial charge in [0.15, 0.2) is 0 Å². The third-order valence-electron chi connectivity index (χ3n) is 4.38. The Morgan fingerprint density at radius 1 is 1.19 bits per heavy atom. The fourth-order valence-electron chi connectivity index (χ4n) is 2.84. The lowest BCUT2D eigenvalue weighted by atomic mass is 10.2. The van der Waals surface area contributed by atoms with Crippen LogP contribution >= 0.6 is 11.3 Å². The molecule has 0 aliphatic heterocycles. The van der Waals surface area contributed by atoms with Crippen LogP contribution in [-0.2, 0) is 29.4 Å². The minimum absolute atomic E-state index is 0.207. The van der Waals surface area contributed by atoms with E-state index in [0.29, 0.717) is 18.7 Å². The van der Waals surface area contributed by atoms with Crippen LogP contribution in [0.1, 0.15) is 22.9 Å². The van der Waals surface area contributed by atoms with E-state index in [9.17, 15) is 8.42 Å². The molecule has 27 heavy (non-hydrogen) atoms. The number of hydrogen-bond acceptors (Lipinski definition) is 5. The first-order chi connectivity index (χ1) is 13.0. The largest absolute Gasteiger partial charge is 0.495 e. The lowest BCUT2D eigenvalue weighted by Gasteiger charge is -2.23. The molecule has 0 aliphatic rings. The highest BCUT2D eigenvalue weighted by atomic mass is 32.2. The standard InChI is InChI=1S/C20H23NO4S2/c1-3-16-6-7-19(24-2)20(13-16)27(22,23)21(14-17-9-11-25-15-17)10-8-18-5-4-12-26-18/h4-7,9,11-13,15H,3,8,10,14H2,1-2H3. The van der Waals surface area contributed by atoms with Gasteiger partial charge in [-0.2, -0.15) is 4.31 Å². The van der Waals surface area contributed by atoms with Gasteiger partial charge < -0.3 is 9.15 Å². The molecule has 0 saturated heterocycles. The molecular weight excluding hydrogens is 382 g/mol. The van der Waals surface area contributed by atoms with E-state index in [2.05, 4.69) is 0 Å². The summed E-state index contributed by atoms with van der Waals surface area (Å²) in [6, 6.07) is 11.1. The molecule has 0 bridgehead atoms. The second-order valence-corrected chi connectivity index (χ2v) is 9.08. The summed E-state index contributed by atoms with van der Waals surface area (Å²) in [4.78, 5) is 1.36. The molecule has 0 atom stereocenters. The number of sulfonamides is 1. The SMILES string of the molecule is CCc1ccc(OC)c(S(=O)(=O)N(CCc2cccs2)Cc2ccoc2)c1. The van der Waals surface area contributed by atoms with Gasteiger partial charge in [-0.15, -0.1) is 11.3 Å². The monoisotopic (exact) mass is 405 g/mol. The molecule has 0 radical (unpaired) electrons. The fraction of sp³-hybridized carbons (Fsp3) is 0.300. The average molecular weight is 406 g/mol. The molecule has 3 aromatic rings. The third kappa shape index (κ3) is 4.61. The second-order valence-electron chi connectivity index (χ2n) is 6.14. The first-order valence-corrected chi connectivity index (χ1v) is 11.1. The van der Waals surface area contributed by atoms with E-state index in [4.69, 9.17) is 9.15 Å². The summed E-state index contributed by atoms with van der Waals surface area (Å²) in [5.41, 5.74) is 1.77. The van der Waals surface area contributed by atoms with Crippen LogP contribution in [0.4, 0.5) is 0 Å². The van der Waals surface area contributed by atoms with E-state index >= 15 is 0 Å². The Morgan fingerprint density at radius 3 is 2.67 bits per heavy atom. The first-order valence-electron chi connectivity index (χ1n) is 8.75. The highest BCUT2D eigenvalue weighted by Crippen LogP contribution is 2.29. The van der Waals surface area contributed by atoms with Crippen LogP contribution in [0.3, 0.4) is 0 Å². The van der Waals surface area contributed by atoms with Crippen molar-refractivity contribution in [1.82, 2.24) is 4.31 Å². The number of methoxy groups -OCH3 is 1. The molecule has 0 spiro atoms. The van der Waals surface area contributed by atoms with Gasteiger partial charge in [0.2, 0.25) is 10.0 Å². The summed E-state index contributed by atoms with van der Waals surface area (Å²) in [7, 11) is -2.24. The Labute approximate surface area is 164 Å². The number of furan rings is 1. The van der Waals surface area contributed by atoms with Crippen LogP contribution < -0.4 is 4.74 Å². The van der Waals surface area contributed by atoms with E-state index in [-0.39, 0.29) is 11.4 Å². The van der Waals surface area contributed by atoms with E-state index < -0.39 is 10.0 Å². The maximum absolute atomic E-state index is 13.5. The molecular formula is C20H23NO4S2. The van der Waals surface area contributed by atoms with Crippen molar-refractivity contribution in [3.63, 3.8) is 0 Å². The molecule has 2 heterocycles. The predicted molar refractivity (Wildman–Crippen MR) is 107 cm³/mol. The lowest BCUT2D eigenvalue weighted by Crippen LogP contribution is -2.32. The minimum atomic E-state index is -3.73. The number of benzene rings is 1. The zero-order valence-corrected chi connectivity index (χ0v) is 17.1. The summed E-state index contributed by atoms with van der Waals surface area (Å²) in [5, 5.41) is 2.00. The predicted octanol–water partition coefficient (Wildman–Crippen LogP) is 4.35. The van der Waals surface area contributed by atoms with Crippen molar-refractivity contribution in [1.29, 1.82) is 0 Å². The molecule has 0 saturated carbocycles. The number of hydrogen-bond donors (Lipinski definition) is 0. The molecule has 2 aromatic heterocycles.